The quantitative estimate of drug-likeness (QED) is 0.474. The molecule has 2 unspecified atom stereocenters. The van der Waals surface area contributed by atoms with E-state index in [1.807, 2.05) is 23.5 Å². The lowest BCUT2D eigenvalue weighted by molar-refractivity contribution is 0.0858. The minimum Gasteiger partial charge on any atom is -0.493 e. The largest absolute Gasteiger partial charge is 0.493 e. The molecular weight excluding hydrogens is 454 g/mol. The van der Waals surface area contributed by atoms with Crippen molar-refractivity contribution < 1.29 is 19.7 Å². The second-order valence-corrected chi connectivity index (χ2v) is 11.8. The number of methoxy groups -OCH3 is 2. The predicted octanol–water partition coefficient (Wildman–Crippen LogP) is 4.24. The van der Waals surface area contributed by atoms with Gasteiger partial charge in [0.1, 0.15) is 0 Å². The Kier molecular flexibility index (Phi) is 10.6. The summed E-state index contributed by atoms with van der Waals surface area (Å²) in [4.78, 5) is 2.65. The Balaban J connectivity index is 0.00000341. The van der Waals surface area contributed by atoms with Gasteiger partial charge in [-0.2, -0.15) is 0 Å². The first-order valence-electron chi connectivity index (χ1n) is 11.0. The van der Waals surface area contributed by atoms with Crippen LogP contribution in [0.25, 0.3) is 0 Å². The van der Waals surface area contributed by atoms with E-state index in [0.29, 0.717) is 17.9 Å². The Hall–Kier alpha value is -0.310. The number of nitrogens with zero attached hydrogens (tertiary/aromatic N) is 1. The number of hydrogen-bond donors (Lipinski definition) is 2. The normalized spacial score (nSPS) is 22.4. The van der Waals surface area contributed by atoms with Crippen LogP contribution in [-0.4, -0.2) is 71.2 Å². The van der Waals surface area contributed by atoms with E-state index in [-0.39, 0.29) is 29.7 Å². The van der Waals surface area contributed by atoms with Crippen LogP contribution >= 0.6 is 35.9 Å². The fraction of sp³-hybridized carbons (Fsp3) is 0.739. The molecule has 0 bridgehead atoms. The molecule has 0 aliphatic carbocycles. The van der Waals surface area contributed by atoms with Crippen molar-refractivity contribution in [2.75, 3.05) is 52.0 Å². The zero-order valence-corrected chi connectivity index (χ0v) is 21.6. The van der Waals surface area contributed by atoms with Crippen LogP contribution in [0.2, 0.25) is 0 Å². The van der Waals surface area contributed by atoms with E-state index in [2.05, 4.69) is 30.9 Å². The predicted molar refractivity (Wildman–Crippen MR) is 134 cm³/mol. The lowest BCUT2D eigenvalue weighted by atomic mass is 9.80. The first kappa shape index (κ1) is 26.9. The molecule has 0 spiro atoms. The lowest BCUT2D eigenvalue weighted by Crippen LogP contribution is -2.52. The van der Waals surface area contributed by atoms with Gasteiger partial charge in [-0.15, -0.1) is 35.9 Å². The van der Waals surface area contributed by atoms with Crippen LogP contribution < -0.4 is 9.47 Å². The Labute approximate surface area is 202 Å². The fourth-order valence-electron chi connectivity index (χ4n) is 5.05. The van der Waals surface area contributed by atoms with Crippen molar-refractivity contribution in [2.45, 2.75) is 43.2 Å². The Morgan fingerprint density at radius 2 is 1.71 bits per heavy atom. The van der Waals surface area contributed by atoms with Gasteiger partial charge in [-0.1, -0.05) is 13.8 Å². The van der Waals surface area contributed by atoms with Gasteiger partial charge in [0.15, 0.2) is 11.5 Å². The molecule has 2 heterocycles. The highest BCUT2D eigenvalue weighted by atomic mass is 35.5. The third-order valence-corrected chi connectivity index (χ3v) is 9.76. The Morgan fingerprint density at radius 3 is 2.26 bits per heavy atom. The summed E-state index contributed by atoms with van der Waals surface area (Å²) < 4.78 is 11.2. The topological polar surface area (TPSA) is 62.2 Å². The number of aliphatic hydroxyl groups is 2. The van der Waals surface area contributed by atoms with Crippen LogP contribution in [-0.2, 0) is 6.42 Å². The average Bonchev–Trinajstić information content (AvgIpc) is 2.75. The summed E-state index contributed by atoms with van der Waals surface area (Å²) in [6.45, 7) is 7.10. The highest BCUT2D eigenvalue weighted by molar-refractivity contribution is 8.18. The molecule has 0 amide bonds. The first-order chi connectivity index (χ1) is 14.5. The van der Waals surface area contributed by atoms with Gasteiger partial charge in [0.25, 0.3) is 0 Å². The second-order valence-electron chi connectivity index (χ2n) is 8.65. The number of piperidine rings is 1. The smallest absolute Gasteiger partial charge is 0.161 e. The average molecular weight is 492 g/mol. The van der Waals surface area contributed by atoms with Gasteiger partial charge >= 0.3 is 0 Å². The number of hydrogen-bond acceptors (Lipinski definition) is 7. The van der Waals surface area contributed by atoms with E-state index < -0.39 is 0 Å². The molecule has 5 nitrogen and oxygen atoms in total. The number of rotatable bonds is 10. The van der Waals surface area contributed by atoms with Crippen LogP contribution in [0.4, 0.5) is 0 Å². The highest BCUT2D eigenvalue weighted by Gasteiger charge is 2.49. The van der Waals surface area contributed by atoms with Crippen LogP contribution in [0.3, 0.4) is 0 Å². The number of ether oxygens (including phenoxy) is 2. The molecule has 178 valence electrons. The summed E-state index contributed by atoms with van der Waals surface area (Å²) in [5, 5.41) is 19.2. The minimum atomic E-state index is -0.00132. The van der Waals surface area contributed by atoms with Crippen LogP contribution in [0, 0.1) is 11.8 Å². The maximum Gasteiger partial charge on any atom is 0.161 e. The molecule has 2 atom stereocenters. The molecule has 0 saturated carbocycles. The van der Waals surface area contributed by atoms with Gasteiger partial charge in [-0.3, -0.25) is 4.90 Å². The molecule has 1 fully saturated rings. The zero-order chi connectivity index (χ0) is 21.7. The van der Waals surface area contributed by atoms with E-state index >= 15 is 0 Å². The zero-order valence-electron chi connectivity index (χ0n) is 19.1. The maximum atomic E-state index is 9.60. The number of aliphatic hydroxyl groups excluding tert-OH is 2. The number of thioether (sulfide) groups is 2. The molecular formula is C23H38ClNO4S2. The summed E-state index contributed by atoms with van der Waals surface area (Å²) in [5.41, 5.74) is 2.70. The van der Waals surface area contributed by atoms with Crippen LogP contribution in [0.15, 0.2) is 12.1 Å². The van der Waals surface area contributed by atoms with E-state index in [4.69, 9.17) is 9.47 Å². The molecule has 0 aromatic heterocycles. The third-order valence-electron chi connectivity index (χ3n) is 6.30. The van der Waals surface area contributed by atoms with E-state index in [9.17, 15) is 10.2 Å². The SMILES string of the molecule is COc1cc2c(cc1OC)C1CC(SCCO)(SCCO)C(CC(C)C)CN1CC2.Cl. The summed E-state index contributed by atoms with van der Waals surface area (Å²) in [7, 11) is 3.39. The van der Waals surface area contributed by atoms with Crippen molar-refractivity contribution in [2.24, 2.45) is 11.8 Å². The lowest BCUT2D eigenvalue weighted by Gasteiger charge is -2.53. The van der Waals surface area contributed by atoms with Crippen molar-refractivity contribution in [3.05, 3.63) is 23.3 Å². The number of benzene rings is 1. The van der Waals surface area contributed by atoms with Gasteiger partial charge in [0, 0.05) is 30.6 Å². The monoisotopic (exact) mass is 491 g/mol. The number of halogens is 1. The summed E-state index contributed by atoms with van der Waals surface area (Å²) >= 11 is 3.80. The molecule has 31 heavy (non-hydrogen) atoms. The molecule has 2 N–H and O–H groups in total. The van der Waals surface area contributed by atoms with Crippen molar-refractivity contribution >= 4 is 35.9 Å². The maximum absolute atomic E-state index is 9.60. The molecule has 1 aromatic carbocycles. The van der Waals surface area contributed by atoms with Crippen molar-refractivity contribution in [3.8, 4) is 11.5 Å². The Bertz CT molecular complexity index is 698. The molecule has 1 aromatic rings. The van der Waals surface area contributed by atoms with Gasteiger partial charge in [-0.05, 0) is 54.4 Å². The second kappa shape index (κ2) is 12.2. The van der Waals surface area contributed by atoms with Gasteiger partial charge in [-0.25, -0.2) is 0 Å². The van der Waals surface area contributed by atoms with Crippen LogP contribution in [0.1, 0.15) is 43.9 Å². The summed E-state index contributed by atoms with van der Waals surface area (Å²) in [5.74, 6) is 4.21. The summed E-state index contributed by atoms with van der Waals surface area (Å²) in [6, 6.07) is 4.65. The van der Waals surface area contributed by atoms with Crippen molar-refractivity contribution in [1.29, 1.82) is 0 Å². The van der Waals surface area contributed by atoms with Crippen molar-refractivity contribution in [1.82, 2.24) is 4.90 Å². The molecule has 2 aliphatic rings. The highest BCUT2D eigenvalue weighted by Crippen LogP contribution is 2.57. The minimum absolute atomic E-state index is 0. The van der Waals surface area contributed by atoms with Gasteiger partial charge in [0.2, 0.25) is 0 Å². The van der Waals surface area contributed by atoms with E-state index in [1.165, 1.54) is 17.5 Å². The van der Waals surface area contributed by atoms with Crippen molar-refractivity contribution in [3.63, 3.8) is 0 Å². The van der Waals surface area contributed by atoms with E-state index in [1.54, 1.807) is 14.2 Å². The summed E-state index contributed by atoms with van der Waals surface area (Å²) in [6.07, 6.45) is 3.21. The molecule has 0 radical (unpaired) electrons. The number of fused-ring (bicyclic) bond motifs is 3. The van der Waals surface area contributed by atoms with Crippen LogP contribution in [0.5, 0.6) is 11.5 Å². The van der Waals surface area contributed by atoms with Gasteiger partial charge < -0.3 is 19.7 Å². The third kappa shape index (κ3) is 5.98. The van der Waals surface area contributed by atoms with Gasteiger partial charge in [0.05, 0.1) is 31.5 Å². The molecule has 1 saturated heterocycles. The molecule has 8 heteroatoms. The standard InChI is InChI=1S/C23H37NO4S2.ClH/c1-16(2)11-18-15-24-6-5-17-12-21(27-3)22(28-4)13-19(17)20(24)14-23(18,29-9-7-25)30-10-8-26;/h12-13,16,18,20,25-26H,5-11,14-15H2,1-4H3;1H. The molecule has 3 rings (SSSR count). The Morgan fingerprint density at radius 1 is 1.10 bits per heavy atom. The molecule has 2 aliphatic heterocycles. The first-order valence-corrected chi connectivity index (χ1v) is 12.9. The fourth-order valence-corrected chi connectivity index (χ4v) is 8.12. The van der Waals surface area contributed by atoms with E-state index in [0.717, 1.165) is 48.9 Å².